The lowest BCUT2D eigenvalue weighted by Crippen LogP contribution is -2.20. The topological polar surface area (TPSA) is 85.1 Å². The predicted molar refractivity (Wildman–Crippen MR) is 128 cm³/mol. The lowest BCUT2D eigenvalue weighted by atomic mass is 10.2. The van der Waals surface area contributed by atoms with Gasteiger partial charge < -0.3 is 0 Å². The number of hydrazone groups is 1. The van der Waals surface area contributed by atoms with Crippen molar-refractivity contribution >= 4 is 47.1 Å². The highest BCUT2D eigenvalue weighted by atomic mass is 35.5. The van der Waals surface area contributed by atoms with Crippen LogP contribution in [-0.4, -0.2) is 37.6 Å². The summed E-state index contributed by atoms with van der Waals surface area (Å²) in [4.78, 5) is 16.3. The minimum Gasteiger partial charge on any atom is -0.272 e. The molecule has 10 heteroatoms. The third-order valence-electron chi connectivity index (χ3n) is 4.26. The molecular weight excluding hydrogens is 467 g/mol. The molecule has 1 N–H and O–H groups in total. The van der Waals surface area contributed by atoms with Crippen LogP contribution in [0.4, 0.5) is 0 Å². The molecule has 0 saturated carbocycles. The molecule has 0 aliphatic carbocycles. The maximum Gasteiger partial charge on any atom is 0.250 e. The van der Waals surface area contributed by atoms with Crippen LogP contribution in [0.25, 0.3) is 17.1 Å². The van der Waals surface area contributed by atoms with Crippen molar-refractivity contribution in [3.8, 4) is 17.1 Å². The number of hydrogen-bond acceptors (Lipinski definition) is 6. The highest BCUT2D eigenvalue weighted by molar-refractivity contribution is 7.99. The first-order chi connectivity index (χ1) is 15.6. The van der Waals surface area contributed by atoms with Crippen molar-refractivity contribution in [3.63, 3.8) is 0 Å². The summed E-state index contributed by atoms with van der Waals surface area (Å²) in [5.74, 6) is 0.481. The van der Waals surface area contributed by atoms with Gasteiger partial charge in [0, 0.05) is 33.7 Å². The number of amides is 1. The van der Waals surface area contributed by atoms with Crippen LogP contribution in [-0.2, 0) is 4.79 Å². The minimum atomic E-state index is -0.267. The molecule has 4 aromatic rings. The summed E-state index contributed by atoms with van der Waals surface area (Å²) >= 11 is 13.2. The zero-order valence-corrected chi connectivity index (χ0v) is 18.8. The van der Waals surface area contributed by atoms with Crippen LogP contribution < -0.4 is 5.43 Å². The smallest absolute Gasteiger partial charge is 0.250 e. The standard InChI is InChI=1S/C22H16Cl2N6OS/c23-17-3-1-15(2-4-17)13-26-27-20(31)14-32-22-29-28-21(16-9-11-25-12-10-16)30(22)19-7-5-18(24)6-8-19/h1-13H,14H2,(H,27,31). The molecule has 0 aliphatic rings. The fraction of sp³-hybridized carbons (Fsp3) is 0.0455. The van der Waals surface area contributed by atoms with E-state index >= 15 is 0 Å². The van der Waals surface area contributed by atoms with Crippen LogP contribution in [0.3, 0.4) is 0 Å². The highest BCUT2D eigenvalue weighted by Gasteiger charge is 2.17. The van der Waals surface area contributed by atoms with Crippen LogP contribution >= 0.6 is 35.0 Å². The van der Waals surface area contributed by atoms with Crippen LogP contribution in [0, 0.1) is 0 Å². The lowest BCUT2D eigenvalue weighted by Gasteiger charge is -2.10. The Bertz CT molecular complexity index is 1230. The van der Waals surface area contributed by atoms with Crippen molar-refractivity contribution in [2.75, 3.05) is 5.75 Å². The Kier molecular flexibility index (Phi) is 7.16. The van der Waals surface area contributed by atoms with E-state index in [9.17, 15) is 4.79 Å². The first-order valence-corrected chi connectivity index (χ1v) is 11.2. The van der Waals surface area contributed by atoms with E-state index in [0.29, 0.717) is 21.0 Å². The molecule has 7 nitrogen and oxygen atoms in total. The third-order valence-corrected chi connectivity index (χ3v) is 5.69. The first-order valence-electron chi connectivity index (χ1n) is 9.42. The molecule has 0 bridgehead atoms. The molecular formula is C22H16Cl2N6OS. The summed E-state index contributed by atoms with van der Waals surface area (Å²) in [6, 6.07) is 18.2. The van der Waals surface area contributed by atoms with Gasteiger partial charge in [0.15, 0.2) is 11.0 Å². The van der Waals surface area contributed by atoms with E-state index in [1.54, 1.807) is 42.9 Å². The molecule has 0 radical (unpaired) electrons. The molecule has 0 fully saturated rings. The van der Waals surface area contributed by atoms with Gasteiger partial charge in [0.25, 0.3) is 5.91 Å². The number of carbonyl (C=O) groups excluding carboxylic acids is 1. The Morgan fingerprint density at radius 3 is 2.31 bits per heavy atom. The zero-order chi connectivity index (χ0) is 22.3. The first kappa shape index (κ1) is 22.0. The van der Waals surface area contributed by atoms with Crippen molar-refractivity contribution in [3.05, 3.63) is 88.7 Å². The molecule has 32 heavy (non-hydrogen) atoms. The molecule has 2 aromatic heterocycles. The molecule has 2 aromatic carbocycles. The Morgan fingerprint density at radius 1 is 0.969 bits per heavy atom. The number of nitrogens with one attached hydrogen (secondary N) is 1. The van der Waals surface area contributed by atoms with Gasteiger partial charge in [0.1, 0.15) is 0 Å². The second-order valence-corrected chi connectivity index (χ2v) is 8.30. The van der Waals surface area contributed by atoms with Crippen molar-refractivity contribution in [1.82, 2.24) is 25.2 Å². The van der Waals surface area contributed by atoms with Crippen molar-refractivity contribution < 1.29 is 4.79 Å². The monoisotopic (exact) mass is 482 g/mol. The number of pyridine rings is 1. The fourth-order valence-electron chi connectivity index (χ4n) is 2.76. The Labute approximate surface area is 198 Å². The van der Waals surface area contributed by atoms with E-state index in [4.69, 9.17) is 23.2 Å². The molecule has 4 rings (SSSR count). The zero-order valence-electron chi connectivity index (χ0n) is 16.5. The number of benzene rings is 2. The van der Waals surface area contributed by atoms with Gasteiger partial charge in [-0.2, -0.15) is 5.10 Å². The van der Waals surface area contributed by atoms with E-state index in [-0.39, 0.29) is 11.7 Å². The lowest BCUT2D eigenvalue weighted by molar-refractivity contribution is -0.118. The summed E-state index contributed by atoms with van der Waals surface area (Å²) < 4.78 is 1.88. The molecule has 1 amide bonds. The normalized spacial score (nSPS) is 11.1. The summed E-state index contributed by atoms with van der Waals surface area (Å²) in [6.07, 6.45) is 4.93. The Morgan fingerprint density at radius 2 is 1.62 bits per heavy atom. The van der Waals surface area contributed by atoms with Gasteiger partial charge in [0.2, 0.25) is 0 Å². The van der Waals surface area contributed by atoms with Gasteiger partial charge in [0.05, 0.1) is 12.0 Å². The second-order valence-electron chi connectivity index (χ2n) is 6.49. The van der Waals surface area contributed by atoms with Crippen LogP contribution in [0.2, 0.25) is 10.0 Å². The number of halogens is 2. The Hall–Kier alpha value is -3.20. The number of aromatic nitrogens is 4. The van der Waals surface area contributed by atoms with E-state index in [2.05, 4.69) is 25.7 Å². The van der Waals surface area contributed by atoms with Crippen LogP contribution in [0.1, 0.15) is 5.56 Å². The molecule has 0 saturated heterocycles. The third kappa shape index (κ3) is 5.53. The van der Waals surface area contributed by atoms with E-state index < -0.39 is 0 Å². The maximum atomic E-state index is 12.3. The van der Waals surface area contributed by atoms with Gasteiger partial charge in [-0.3, -0.25) is 14.3 Å². The maximum absolute atomic E-state index is 12.3. The number of thioether (sulfide) groups is 1. The molecule has 0 spiro atoms. The van der Waals surface area contributed by atoms with Crippen molar-refractivity contribution in [1.29, 1.82) is 0 Å². The summed E-state index contributed by atoms with van der Waals surface area (Å²) in [6.45, 7) is 0. The molecule has 0 aliphatic heterocycles. The fourth-order valence-corrected chi connectivity index (χ4v) is 3.76. The van der Waals surface area contributed by atoms with Crippen molar-refractivity contribution in [2.24, 2.45) is 5.10 Å². The SMILES string of the molecule is O=C(CSc1nnc(-c2ccncc2)n1-c1ccc(Cl)cc1)NN=Cc1ccc(Cl)cc1. The van der Waals surface area contributed by atoms with Crippen molar-refractivity contribution in [2.45, 2.75) is 5.16 Å². The number of hydrogen-bond donors (Lipinski definition) is 1. The number of nitrogens with zero attached hydrogens (tertiary/aromatic N) is 5. The number of carbonyl (C=O) groups is 1. The average molecular weight is 483 g/mol. The molecule has 2 heterocycles. The van der Waals surface area contributed by atoms with Gasteiger partial charge >= 0.3 is 0 Å². The van der Waals surface area contributed by atoms with Gasteiger partial charge in [-0.05, 0) is 54.1 Å². The van der Waals surface area contributed by atoms with E-state index in [1.165, 1.54) is 11.8 Å². The van der Waals surface area contributed by atoms with Gasteiger partial charge in [-0.1, -0.05) is 47.1 Å². The summed E-state index contributed by atoms with van der Waals surface area (Å²) in [5, 5.41) is 14.4. The van der Waals surface area contributed by atoms with E-state index in [0.717, 1.165) is 16.8 Å². The molecule has 0 atom stereocenters. The average Bonchev–Trinajstić information content (AvgIpc) is 3.24. The second kappa shape index (κ2) is 10.4. The van der Waals surface area contributed by atoms with Gasteiger partial charge in [-0.25, -0.2) is 5.43 Å². The molecule has 160 valence electrons. The Balaban J connectivity index is 1.49. The quantitative estimate of drug-likeness (QED) is 0.230. The summed E-state index contributed by atoms with van der Waals surface area (Å²) in [7, 11) is 0. The van der Waals surface area contributed by atoms with Gasteiger partial charge in [-0.15, -0.1) is 10.2 Å². The minimum absolute atomic E-state index is 0.111. The molecule has 0 unspecified atom stereocenters. The largest absolute Gasteiger partial charge is 0.272 e. The predicted octanol–water partition coefficient (Wildman–Crippen LogP) is 4.88. The number of rotatable bonds is 7. The van der Waals surface area contributed by atoms with Crippen LogP contribution in [0.5, 0.6) is 0 Å². The van der Waals surface area contributed by atoms with E-state index in [1.807, 2.05) is 41.0 Å². The van der Waals surface area contributed by atoms with Crippen LogP contribution in [0.15, 0.2) is 83.3 Å². The summed E-state index contributed by atoms with van der Waals surface area (Å²) in [5.41, 5.74) is 5.02. The highest BCUT2D eigenvalue weighted by Crippen LogP contribution is 2.28.